The summed E-state index contributed by atoms with van der Waals surface area (Å²) in [6, 6.07) is 10.3. The summed E-state index contributed by atoms with van der Waals surface area (Å²) in [4.78, 5) is 16.7. The maximum absolute atomic E-state index is 13.6. The van der Waals surface area contributed by atoms with Gasteiger partial charge >= 0.3 is 0 Å². The fourth-order valence-electron chi connectivity index (χ4n) is 2.87. The summed E-state index contributed by atoms with van der Waals surface area (Å²) in [5.41, 5.74) is 1.91. The molecule has 0 aliphatic carbocycles. The number of hydrogen-bond donors (Lipinski definition) is 3. The zero-order valence-electron chi connectivity index (χ0n) is 19.0. The molecule has 0 aromatic heterocycles. The summed E-state index contributed by atoms with van der Waals surface area (Å²) in [6.45, 7) is 5.82. The zero-order valence-corrected chi connectivity index (χ0v) is 21.3. The van der Waals surface area contributed by atoms with Crippen LogP contribution in [0.4, 0.5) is 4.39 Å². The zero-order chi connectivity index (χ0) is 22.6. The highest BCUT2D eigenvalue weighted by Gasteiger charge is 2.08. The molecular weight excluding hydrogens is 526 g/mol. The topological polar surface area (TPSA) is 84.0 Å². The van der Waals surface area contributed by atoms with Crippen LogP contribution in [0.3, 0.4) is 0 Å². The normalized spacial score (nSPS) is 10.7. The number of hydrogen-bond acceptors (Lipinski definition) is 4. The molecule has 0 bridgehead atoms. The Bertz CT molecular complexity index is 909. The first-order chi connectivity index (χ1) is 15.0. The lowest BCUT2D eigenvalue weighted by molar-refractivity contribution is 0.0954. The molecule has 0 aliphatic rings. The van der Waals surface area contributed by atoms with Gasteiger partial charge in [-0.25, -0.2) is 4.39 Å². The van der Waals surface area contributed by atoms with Gasteiger partial charge in [0.1, 0.15) is 5.82 Å². The lowest BCUT2D eigenvalue weighted by Crippen LogP contribution is -2.41. The van der Waals surface area contributed by atoms with E-state index in [0.717, 1.165) is 18.5 Å². The molecule has 0 saturated heterocycles. The molecule has 3 N–H and O–H groups in total. The van der Waals surface area contributed by atoms with E-state index in [-0.39, 0.29) is 35.7 Å². The summed E-state index contributed by atoms with van der Waals surface area (Å²) in [7, 11) is 3.22. The number of aryl methyl sites for hydroxylation is 1. The molecule has 2 aromatic carbocycles. The number of carbonyl (C=O) groups is 1. The average Bonchev–Trinajstić information content (AvgIpc) is 2.78. The highest BCUT2D eigenvalue weighted by molar-refractivity contribution is 14.0. The van der Waals surface area contributed by atoms with E-state index in [1.807, 2.05) is 25.1 Å². The fraction of sp³-hybridized carbons (Fsp3) is 0.391. The summed E-state index contributed by atoms with van der Waals surface area (Å²) in [6.07, 6.45) is 0.743. The number of methoxy groups -OCH3 is 2. The molecular formula is C23H32FIN4O3. The molecule has 2 rings (SSSR count). The molecule has 1 amide bonds. The molecule has 0 fully saturated rings. The summed E-state index contributed by atoms with van der Waals surface area (Å²) in [5, 5.41) is 9.13. The molecule has 32 heavy (non-hydrogen) atoms. The van der Waals surface area contributed by atoms with Crippen molar-refractivity contribution in [2.75, 3.05) is 40.4 Å². The Morgan fingerprint density at radius 3 is 2.38 bits per heavy atom. The van der Waals surface area contributed by atoms with E-state index >= 15 is 0 Å². The molecule has 0 radical (unpaired) electrons. The quantitative estimate of drug-likeness (QED) is 0.181. The van der Waals surface area contributed by atoms with Gasteiger partial charge in [0, 0.05) is 31.7 Å². The van der Waals surface area contributed by atoms with E-state index in [4.69, 9.17) is 9.47 Å². The van der Waals surface area contributed by atoms with Gasteiger partial charge in [-0.1, -0.05) is 12.1 Å². The molecule has 0 unspecified atom stereocenters. The van der Waals surface area contributed by atoms with Crippen LogP contribution in [0.5, 0.6) is 11.5 Å². The SMILES string of the molecule is CCNC(=NCCc1ccc(OC)c(OC)c1)NCCNC(=O)c1ccc(C)c(F)c1.I. The van der Waals surface area contributed by atoms with Gasteiger partial charge in [-0.2, -0.15) is 0 Å². The van der Waals surface area contributed by atoms with Crippen molar-refractivity contribution in [3.63, 3.8) is 0 Å². The predicted molar refractivity (Wildman–Crippen MR) is 136 cm³/mol. The van der Waals surface area contributed by atoms with Gasteiger partial charge in [0.25, 0.3) is 5.91 Å². The number of rotatable bonds is 10. The van der Waals surface area contributed by atoms with Gasteiger partial charge in [-0.15, -0.1) is 24.0 Å². The van der Waals surface area contributed by atoms with Crippen LogP contribution in [0, 0.1) is 12.7 Å². The van der Waals surface area contributed by atoms with Gasteiger partial charge < -0.3 is 25.4 Å². The Labute approximate surface area is 206 Å². The van der Waals surface area contributed by atoms with Gasteiger partial charge in [0.15, 0.2) is 17.5 Å². The molecule has 0 saturated carbocycles. The van der Waals surface area contributed by atoms with Crippen LogP contribution in [0.15, 0.2) is 41.4 Å². The van der Waals surface area contributed by atoms with Crippen LogP contribution in [0.25, 0.3) is 0 Å². The van der Waals surface area contributed by atoms with E-state index in [1.165, 1.54) is 6.07 Å². The number of nitrogens with one attached hydrogen (secondary N) is 3. The monoisotopic (exact) mass is 558 g/mol. The van der Waals surface area contributed by atoms with Gasteiger partial charge in [-0.3, -0.25) is 9.79 Å². The third kappa shape index (κ3) is 8.52. The lowest BCUT2D eigenvalue weighted by Gasteiger charge is -2.12. The third-order valence-electron chi connectivity index (χ3n) is 4.60. The second-order valence-electron chi connectivity index (χ2n) is 6.85. The minimum atomic E-state index is -0.387. The van der Waals surface area contributed by atoms with Crippen LogP contribution in [-0.4, -0.2) is 52.3 Å². The smallest absolute Gasteiger partial charge is 0.251 e. The molecule has 176 valence electrons. The summed E-state index contributed by atoms with van der Waals surface area (Å²) < 4.78 is 24.2. The number of amides is 1. The number of halogens is 2. The number of nitrogens with zero attached hydrogens (tertiary/aromatic N) is 1. The molecule has 0 atom stereocenters. The van der Waals surface area contributed by atoms with E-state index < -0.39 is 0 Å². The molecule has 0 heterocycles. The first-order valence-electron chi connectivity index (χ1n) is 10.3. The standard InChI is InChI=1S/C23H31FN4O3.HI/c1-5-25-23(27-11-10-17-7-9-20(30-3)21(14-17)31-4)28-13-12-26-22(29)18-8-6-16(2)19(24)15-18;/h6-9,14-15H,5,10-13H2,1-4H3,(H,26,29)(H2,25,27,28);1H. The molecule has 2 aromatic rings. The number of benzene rings is 2. The van der Waals surface area contributed by atoms with Gasteiger partial charge in [0.2, 0.25) is 0 Å². The average molecular weight is 558 g/mol. The van der Waals surface area contributed by atoms with Crippen molar-refractivity contribution in [1.29, 1.82) is 0 Å². The van der Waals surface area contributed by atoms with E-state index in [1.54, 1.807) is 33.3 Å². The van der Waals surface area contributed by atoms with Gasteiger partial charge in [0.05, 0.1) is 14.2 Å². The van der Waals surface area contributed by atoms with Crippen LogP contribution in [-0.2, 0) is 6.42 Å². The minimum Gasteiger partial charge on any atom is -0.493 e. The van der Waals surface area contributed by atoms with Crippen LogP contribution in [0.2, 0.25) is 0 Å². The van der Waals surface area contributed by atoms with Crippen molar-refractivity contribution in [3.05, 3.63) is 58.9 Å². The van der Waals surface area contributed by atoms with E-state index in [9.17, 15) is 9.18 Å². The van der Waals surface area contributed by atoms with Crippen molar-refractivity contribution in [1.82, 2.24) is 16.0 Å². The molecule has 0 aliphatic heterocycles. The third-order valence-corrected chi connectivity index (χ3v) is 4.60. The van der Waals surface area contributed by atoms with Crippen LogP contribution >= 0.6 is 24.0 Å². The Balaban J connectivity index is 0.00000512. The van der Waals surface area contributed by atoms with Crippen molar-refractivity contribution in [2.45, 2.75) is 20.3 Å². The Kier molecular flexibility index (Phi) is 12.4. The second-order valence-corrected chi connectivity index (χ2v) is 6.85. The number of aliphatic imine (C=N–C) groups is 1. The largest absolute Gasteiger partial charge is 0.493 e. The first kappa shape index (κ1) is 27.5. The van der Waals surface area contributed by atoms with Crippen LogP contribution < -0.4 is 25.4 Å². The first-order valence-corrected chi connectivity index (χ1v) is 10.3. The molecule has 0 spiro atoms. The number of ether oxygens (including phenoxy) is 2. The van der Waals surface area contributed by atoms with Crippen molar-refractivity contribution in [3.8, 4) is 11.5 Å². The fourth-order valence-corrected chi connectivity index (χ4v) is 2.87. The Morgan fingerprint density at radius 2 is 1.72 bits per heavy atom. The lowest BCUT2D eigenvalue weighted by atomic mass is 10.1. The highest BCUT2D eigenvalue weighted by Crippen LogP contribution is 2.27. The summed E-state index contributed by atoms with van der Waals surface area (Å²) >= 11 is 0. The van der Waals surface area contributed by atoms with Crippen molar-refractivity contribution in [2.24, 2.45) is 4.99 Å². The van der Waals surface area contributed by atoms with E-state index in [0.29, 0.717) is 48.2 Å². The summed E-state index contributed by atoms with van der Waals surface area (Å²) in [5.74, 6) is 1.36. The maximum atomic E-state index is 13.6. The maximum Gasteiger partial charge on any atom is 0.251 e. The second kappa shape index (κ2) is 14.5. The van der Waals surface area contributed by atoms with Gasteiger partial charge in [-0.05, 0) is 55.7 Å². The Morgan fingerprint density at radius 1 is 1.00 bits per heavy atom. The minimum absolute atomic E-state index is 0. The molecule has 7 nitrogen and oxygen atoms in total. The van der Waals surface area contributed by atoms with Crippen LogP contribution in [0.1, 0.15) is 28.4 Å². The van der Waals surface area contributed by atoms with Crippen molar-refractivity contribution < 1.29 is 18.7 Å². The number of guanidine groups is 1. The Hall–Kier alpha value is -2.56. The number of carbonyl (C=O) groups excluding carboxylic acids is 1. The van der Waals surface area contributed by atoms with E-state index in [2.05, 4.69) is 20.9 Å². The van der Waals surface area contributed by atoms with Crippen molar-refractivity contribution >= 4 is 35.8 Å². The highest BCUT2D eigenvalue weighted by atomic mass is 127. The predicted octanol–water partition coefficient (Wildman–Crippen LogP) is 3.30. The molecule has 9 heteroatoms.